The van der Waals surface area contributed by atoms with Crippen molar-refractivity contribution in [2.45, 2.75) is 43.0 Å². The number of carbonyl (C=O) groups is 1. The number of pyridine rings is 2. The van der Waals surface area contributed by atoms with E-state index in [9.17, 15) is 18.0 Å². The molecule has 4 aromatic rings. The zero-order valence-electron chi connectivity index (χ0n) is 23.6. The third-order valence-corrected chi connectivity index (χ3v) is 9.27. The van der Waals surface area contributed by atoms with Gasteiger partial charge in [-0.25, -0.2) is 27.2 Å². The molecule has 5 heterocycles. The van der Waals surface area contributed by atoms with Gasteiger partial charge in [-0.05, 0) is 38.0 Å². The van der Waals surface area contributed by atoms with Crippen LogP contribution in [0.4, 0.5) is 16.0 Å². The molecule has 1 saturated carbocycles. The molecule has 0 spiro atoms. The number of H-pyrrole nitrogens is 1. The van der Waals surface area contributed by atoms with Crippen molar-refractivity contribution in [1.82, 2.24) is 34.6 Å². The largest absolute Gasteiger partial charge is 0.384 e. The second-order valence-electron chi connectivity index (χ2n) is 10.9. The summed E-state index contributed by atoms with van der Waals surface area (Å²) in [5.41, 5.74) is 5.69. The highest BCUT2D eigenvalue weighted by molar-refractivity contribution is 7.90. The van der Waals surface area contributed by atoms with E-state index >= 15 is 4.39 Å². The molecule has 0 bridgehead atoms. The third kappa shape index (κ3) is 4.82. The topological polar surface area (TPSA) is 173 Å². The summed E-state index contributed by atoms with van der Waals surface area (Å²) < 4.78 is 43.1. The van der Waals surface area contributed by atoms with Crippen molar-refractivity contribution in [2.75, 3.05) is 36.5 Å². The third-order valence-electron chi connectivity index (χ3n) is 8.14. The molecule has 13 nitrogen and oxygen atoms in total. The summed E-state index contributed by atoms with van der Waals surface area (Å²) in [4.78, 5) is 43.2. The lowest BCUT2D eigenvalue weighted by atomic mass is 9.82. The Morgan fingerprint density at radius 2 is 2.02 bits per heavy atom. The molecule has 43 heavy (non-hydrogen) atoms. The highest BCUT2D eigenvalue weighted by Gasteiger charge is 2.33. The van der Waals surface area contributed by atoms with Crippen LogP contribution in [0.1, 0.15) is 37.8 Å². The van der Waals surface area contributed by atoms with Crippen LogP contribution in [-0.2, 0) is 14.6 Å². The van der Waals surface area contributed by atoms with E-state index in [0.717, 1.165) is 30.1 Å². The van der Waals surface area contributed by atoms with Crippen LogP contribution in [0.3, 0.4) is 0 Å². The minimum Gasteiger partial charge on any atom is -0.384 e. The molecular formula is C28H30FN9O4S. The van der Waals surface area contributed by atoms with Crippen LogP contribution in [-0.4, -0.2) is 80.9 Å². The van der Waals surface area contributed by atoms with Gasteiger partial charge in [0, 0.05) is 44.0 Å². The van der Waals surface area contributed by atoms with E-state index in [1.165, 1.54) is 30.6 Å². The first-order chi connectivity index (χ1) is 20.5. The Balaban J connectivity index is 1.66. The SMILES string of the molecule is C=CC(=O)N1CCN(c2nc(=O)n(-c3c(S(C)(=O)=O)ccnc3C3CCC3)c3nc(-c4cn[nH]c4N)c(F)cc23)[C@@H](C)C1. The minimum absolute atomic E-state index is 0.0118. The second kappa shape index (κ2) is 10.6. The average molecular weight is 608 g/mol. The van der Waals surface area contributed by atoms with Gasteiger partial charge < -0.3 is 15.5 Å². The van der Waals surface area contributed by atoms with E-state index in [0.29, 0.717) is 25.3 Å². The molecule has 4 aromatic heterocycles. The van der Waals surface area contributed by atoms with Crippen LogP contribution in [0.2, 0.25) is 0 Å². The molecule has 2 aliphatic rings. The number of hydrogen-bond donors (Lipinski definition) is 2. The van der Waals surface area contributed by atoms with Gasteiger partial charge in [-0.3, -0.25) is 14.9 Å². The minimum atomic E-state index is -3.85. The van der Waals surface area contributed by atoms with Gasteiger partial charge in [-0.1, -0.05) is 13.0 Å². The number of nitrogen functional groups attached to an aromatic ring is 1. The van der Waals surface area contributed by atoms with E-state index in [-0.39, 0.29) is 62.4 Å². The standard InChI is InChI=1S/C28H30FN9O4S/c1-4-21(39)36-10-11-37(15(2)14-36)26-17-12-19(29)23(18-13-32-35-25(18)30)33-27(17)38(28(40)34-26)24-20(43(3,41)42)8-9-31-22(24)16-6-5-7-16/h4,8-9,12-13,15-16H,1,5-7,10-11,14H2,2-3H3,(H3,30,32,35)/t15-/m0/s1. The Morgan fingerprint density at radius 1 is 1.26 bits per heavy atom. The van der Waals surface area contributed by atoms with Crippen LogP contribution < -0.4 is 16.3 Å². The fraction of sp³-hybridized carbons (Fsp3) is 0.357. The van der Waals surface area contributed by atoms with Crippen molar-refractivity contribution >= 4 is 38.4 Å². The molecule has 1 amide bonds. The highest BCUT2D eigenvalue weighted by Crippen LogP contribution is 2.41. The average Bonchev–Trinajstić information content (AvgIpc) is 3.36. The lowest BCUT2D eigenvalue weighted by Crippen LogP contribution is -2.54. The molecule has 1 atom stereocenters. The van der Waals surface area contributed by atoms with Crippen molar-refractivity contribution in [2.24, 2.45) is 0 Å². The Hall–Kier alpha value is -4.66. The highest BCUT2D eigenvalue weighted by atomic mass is 32.2. The van der Waals surface area contributed by atoms with Gasteiger partial charge in [0.2, 0.25) is 5.91 Å². The van der Waals surface area contributed by atoms with Crippen molar-refractivity contribution in [3.05, 3.63) is 59.2 Å². The normalized spacial score (nSPS) is 17.7. The van der Waals surface area contributed by atoms with E-state index in [2.05, 4.69) is 31.7 Å². The number of nitrogens with zero attached hydrogens (tertiary/aromatic N) is 7. The number of sulfone groups is 1. The van der Waals surface area contributed by atoms with Gasteiger partial charge in [0.15, 0.2) is 21.3 Å². The molecule has 3 N–H and O–H groups in total. The molecule has 1 saturated heterocycles. The van der Waals surface area contributed by atoms with Crippen LogP contribution in [0.5, 0.6) is 0 Å². The van der Waals surface area contributed by atoms with E-state index in [4.69, 9.17) is 5.73 Å². The molecule has 1 aliphatic heterocycles. The number of nitrogens with two attached hydrogens (primary N) is 1. The summed E-state index contributed by atoms with van der Waals surface area (Å²) in [6.07, 6.45) is 7.52. The number of piperazine rings is 1. The predicted octanol–water partition coefficient (Wildman–Crippen LogP) is 2.18. The summed E-state index contributed by atoms with van der Waals surface area (Å²) in [5, 5.41) is 6.62. The van der Waals surface area contributed by atoms with Gasteiger partial charge in [0.1, 0.15) is 17.3 Å². The number of amides is 1. The first-order valence-corrected chi connectivity index (χ1v) is 15.7. The number of fused-ring (bicyclic) bond motifs is 1. The van der Waals surface area contributed by atoms with Crippen LogP contribution in [0.15, 0.2) is 46.9 Å². The Labute approximate surface area is 246 Å². The monoisotopic (exact) mass is 607 g/mol. The Bertz CT molecular complexity index is 1950. The molecule has 0 radical (unpaired) electrons. The second-order valence-corrected chi connectivity index (χ2v) is 12.9. The van der Waals surface area contributed by atoms with Crippen molar-refractivity contribution in [1.29, 1.82) is 0 Å². The lowest BCUT2D eigenvalue weighted by Gasteiger charge is -2.40. The molecule has 15 heteroatoms. The number of rotatable bonds is 6. The van der Waals surface area contributed by atoms with Gasteiger partial charge in [-0.15, -0.1) is 0 Å². The number of nitrogens with one attached hydrogen (secondary N) is 1. The zero-order chi connectivity index (χ0) is 30.6. The number of anilines is 2. The molecule has 2 fully saturated rings. The summed E-state index contributed by atoms with van der Waals surface area (Å²) in [6, 6.07) is 2.26. The van der Waals surface area contributed by atoms with Crippen molar-refractivity contribution in [3.8, 4) is 16.9 Å². The fourth-order valence-electron chi connectivity index (χ4n) is 5.76. The van der Waals surface area contributed by atoms with E-state index in [1.54, 1.807) is 4.90 Å². The summed E-state index contributed by atoms with van der Waals surface area (Å²) in [7, 11) is -3.85. The maximum Gasteiger partial charge on any atom is 0.355 e. The van der Waals surface area contributed by atoms with Crippen molar-refractivity contribution < 1.29 is 17.6 Å². The molecule has 0 unspecified atom stereocenters. The summed E-state index contributed by atoms with van der Waals surface area (Å²) >= 11 is 0. The lowest BCUT2D eigenvalue weighted by molar-refractivity contribution is -0.126. The van der Waals surface area contributed by atoms with Gasteiger partial charge in [0.25, 0.3) is 0 Å². The van der Waals surface area contributed by atoms with Crippen molar-refractivity contribution in [3.63, 3.8) is 0 Å². The first-order valence-electron chi connectivity index (χ1n) is 13.8. The van der Waals surface area contributed by atoms with Gasteiger partial charge >= 0.3 is 5.69 Å². The van der Waals surface area contributed by atoms with Crippen LogP contribution in [0, 0.1) is 5.82 Å². The maximum atomic E-state index is 15.8. The number of aromatic nitrogens is 6. The molecule has 1 aliphatic carbocycles. The Kier molecular flexibility index (Phi) is 6.99. The summed E-state index contributed by atoms with van der Waals surface area (Å²) in [5.74, 6) is -0.793. The predicted molar refractivity (Wildman–Crippen MR) is 158 cm³/mol. The molecular weight excluding hydrogens is 577 g/mol. The smallest absolute Gasteiger partial charge is 0.355 e. The van der Waals surface area contributed by atoms with E-state index < -0.39 is 21.3 Å². The first kappa shape index (κ1) is 28.5. The number of aromatic amines is 1. The molecule has 6 rings (SSSR count). The quantitative estimate of drug-likeness (QED) is 0.309. The zero-order valence-corrected chi connectivity index (χ0v) is 24.4. The van der Waals surface area contributed by atoms with Gasteiger partial charge in [-0.2, -0.15) is 10.1 Å². The Morgan fingerprint density at radius 3 is 2.63 bits per heavy atom. The van der Waals surface area contributed by atoms with Crippen LogP contribution in [0.25, 0.3) is 28.0 Å². The fourth-order valence-corrected chi connectivity index (χ4v) is 6.61. The number of hydrogen-bond acceptors (Lipinski definition) is 10. The maximum absolute atomic E-state index is 15.8. The van der Waals surface area contributed by atoms with Gasteiger partial charge in [0.05, 0.1) is 33.4 Å². The molecule has 0 aromatic carbocycles. The number of carbonyl (C=O) groups excluding carboxylic acids is 1. The van der Waals surface area contributed by atoms with Crippen LogP contribution >= 0.6 is 0 Å². The summed E-state index contributed by atoms with van der Waals surface area (Å²) in [6.45, 7) is 6.37. The van der Waals surface area contributed by atoms with E-state index in [1.807, 2.05) is 11.8 Å². The number of halogens is 1. The molecule has 224 valence electrons.